The number of aromatic nitrogens is 1. The summed E-state index contributed by atoms with van der Waals surface area (Å²) >= 11 is 1.67. The van der Waals surface area contributed by atoms with E-state index in [1.54, 1.807) is 23.5 Å². The Morgan fingerprint density at radius 1 is 0.977 bits per heavy atom. The molecular formula is C35H33FN2O4S. The van der Waals surface area contributed by atoms with E-state index in [1.807, 2.05) is 42.2 Å². The van der Waals surface area contributed by atoms with Crippen LogP contribution >= 0.6 is 11.3 Å². The fraction of sp³-hybridized carbons (Fsp3) is 0.400. The SMILES string of the molecule is Cc1nc2ccc(-c3cccc(N(CC45CCC(c6ccc(C(=O)O)cc6)(CC4)OC5)C(=O)C45CC(F)(C4)C5)c3)cc2s1. The lowest BCUT2D eigenvalue weighted by Gasteiger charge is -2.65. The van der Waals surface area contributed by atoms with Gasteiger partial charge in [-0.15, -0.1) is 11.3 Å². The number of halogens is 1. The maximum Gasteiger partial charge on any atom is 0.335 e. The summed E-state index contributed by atoms with van der Waals surface area (Å²) in [7, 11) is 0. The second-order valence-corrected chi connectivity index (χ2v) is 14.7. The second kappa shape index (κ2) is 9.19. The van der Waals surface area contributed by atoms with Gasteiger partial charge in [-0.2, -0.15) is 0 Å². The molecule has 0 spiro atoms. The number of aromatic carboxylic acids is 1. The quantitative estimate of drug-likeness (QED) is 0.237. The van der Waals surface area contributed by atoms with Gasteiger partial charge in [0.25, 0.3) is 0 Å². The van der Waals surface area contributed by atoms with Crippen LogP contribution in [-0.2, 0) is 15.1 Å². The highest BCUT2D eigenvalue weighted by molar-refractivity contribution is 7.18. The van der Waals surface area contributed by atoms with Gasteiger partial charge in [-0.3, -0.25) is 4.79 Å². The molecule has 4 aliphatic carbocycles. The molecule has 6 nitrogen and oxygen atoms in total. The molecule has 6 aliphatic rings. The molecule has 2 aliphatic heterocycles. The molecule has 43 heavy (non-hydrogen) atoms. The molecule has 1 amide bonds. The Balaban J connectivity index is 1.09. The first-order valence-electron chi connectivity index (χ1n) is 15.1. The predicted octanol–water partition coefficient (Wildman–Crippen LogP) is 7.68. The number of carbonyl (C=O) groups is 2. The average molecular weight is 597 g/mol. The number of hydrogen-bond donors (Lipinski definition) is 1. The molecule has 0 unspecified atom stereocenters. The van der Waals surface area contributed by atoms with Crippen molar-refractivity contribution in [1.82, 2.24) is 4.98 Å². The zero-order valence-corrected chi connectivity index (χ0v) is 24.9. The van der Waals surface area contributed by atoms with Gasteiger partial charge in [0.1, 0.15) is 5.67 Å². The molecule has 220 valence electrons. The number of carboxylic acids is 1. The van der Waals surface area contributed by atoms with E-state index in [0.29, 0.717) is 32.4 Å². The highest BCUT2D eigenvalue weighted by atomic mass is 32.1. The predicted molar refractivity (Wildman–Crippen MR) is 164 cm³/mol. The first-order chi connectivity index (χ1) is 20.6. The number of ether oxygens (including phenoxy) is 1. The van der Waals surface area contributed by atoms with Gasteiger partial charge < -0.3 is 14.7 Å². The number of aryl methyl sites for hydroxylation is 1. The van der Waals surface area contributed by atoms with Crippen molar-refractivity contribution in [3.8, 4) is 11.1 Å². The number of thiazole rings is 1. The summed E-state index contributed by atoms with van der Waals surface area (Å²) in [4.78, 5) is 32.1. The van der Waals surface area contributed by atoms with Gasteiger partial charge in [-0.1, -0.05) is 30.3 Å². The van der Waals surface area contributed by atoms with Crippen LogP contribution in [0.5, 0.6) is 0 Å². The number of carboxylic acid groups (broad SMARTS) is 1. The van der Waals surface area contributed by atoms with Gasteiger partial charge in [0.2, 0.25) is 5.91 Å². The summed E-state index contributed by atoms with van der Waals surface area (Å²) in [6.07, 6.45) is 4.42. The van der Waals surface area contributed by atoms with Gasteiger partial charge in [0.05, 0.1) is 38.4 Å². The Bertz CT molecular complexity index is 1750. The summed E-state index contributed by atoms with van der Waals surface area (Å²) in [6, 6.07) is 21.5. The lowest BCUT2D eigenvalue weighted by atomic mass is 9.41. The molecule has 4 bridgehead atoms. The molecule has 0 atom stereocenters. The Morgan fingerprint density at radius 3 is 2.35 bits per heavy atom. The molecule has 0 radical (unpaired) electrons. The van der Waals surface area contributed by atoms with Crippen molar-refractivity contribution in [1.29, 1.82) is 0 Å². The molecule has 6 fully saturated rings. The Labute approximate surface area is 253 Å². The molecule has 4 saturated carbocycles. The van der Waals surface area contributed by atoms with Crippen LogP contribution in [0.1, 0.15) is 65.9 Å². The standard InChI is InChI=1S/C35H33FN2O4S/c1-22-37-28-10-7-25(16-29(28)43-22)24-3-2-4-27(15-24)38(31(41)33-17-34(36,18-33)19-33)20-32-11-13-35(14-12-32,42-21-32)26-8-5-23(6-9-26)30(39)40/h2-10,15-16H,11-14,17-21H2,1H3,(H,39,40). The number of fused-ring (bicyclic) bond motifs is 4. The molecule has 8 heteroatoms. The summed E-state index contributed by atoms with van der Waals surface area (Å²) in [5.74, 6) is -0.898. The van der Waals surface area contributed by atoms with Crippen LogP contribution < -0.4 is 4.90 Å². The molecular weight excluding hydrogens is 563 g/mol. The Morgan fingerprint density at radius 2 is 1.70 bits per heavy atom. The van der Waals surface area contributed by atoms with Crippen LogP contribution in [0.15, 0.2) is 66.7 Å². The second-order valence-electron chi connectivity index (χ2n) is 13.5. The van der Waals surface area contributed by atoms with Crippen LogP contribution in [0, 0.1) is 17.8 Å². The number of alkyl halides is 1. The molecule has 1 N–H and O–H groups in total. The lowest BCUT2D eigenvalue weighted by Crippen LogP contribution is -2.71. The Kier molecular flexibility index (Phi) is 5.76. The highest BCUT2D eigenvalue weighted by Gasteiger charge is 2.73. The van der Waals surface area contributed by atoms with E-state index in [-0.39, 0.29) is 16.9 Å². The largest absolute Gasteiger partial charge is 0.478 e. The maximum absolute atomic E-state index is 14.6. The van der Waals surface area contributed by atoms with Crippen molar-refractivity contribution < 1.29 is 23.8 Å². The van der Waals surface area contributed by atoms with Crippen molar-refractivity contribution in [2.24, 2.45) is 10.8 Å². The van der Waals surface area contributed by atoms with E-state index in [0.717, 1.165) is 63.3 Å². The summed E-state index contributed by atoms with van der Waals surface area (Å²) in [6.45, 7) is 3.08. The number of benzene rings is 3. The van der Waals surface area contributed by atoms with Crippen LogP contribution in [0.25, 0.3) is 21.3 Å². The zero-order chi connectivity index (χ0) is 29.6. The van der Waals surface area contributed by atoms with Gasteiger partial charge in [-0.05, 0) is 105 Å². The first-order valence-corrected chi connectivity index (χ1v) is 15.9. The van der Waals surface area contributed by atoms with Crippen molar-refractivity contribution >= 4 is 39.1 Å². The molecule has 4 aromatic rings. The normalized spacial score (nSPS) is 30.5. The van der Waals surface area contributed by atoms with Gasteiger partial charge >= 0.3 is 5.97 Å². The molecule has 3 aromatic carbocycles. The van der Waals surface area contributed by atoms with E-state index in [4.69, 9.17) is 4.74 Å². The van der Waals surface area contributed by atoms with Gasteiger partial charge in [0, 0.05) is 17.6 Å². The number of amides is 1. The van der Waals surface area contributed by atoms with Crippen molar-refractivity contribution in [3.05, 3.63) is 82.9 Å². The number of carbonyl (C=O) groups excluding carboxylic acids is 1. The number of nitrogens with zero attached hydrogens (tertiary/aromatic N) is 2. The smallest absolute Gasteiger partial charge is 0.335 e. The fourth-order valence-electron chi connectivity index (χ4n) is 8.12. The van der Waals surface area contributed by atoms with Crippen molar-refractivity contribution in [2.75, 3.05) is 18.1 Å². The molecule has 10 rings (SSSR count). The van der Waals surface area contributed by atoms with Gasteiger partial charge in [-0.25, -0.2) is 14.2 Å². The third-order valence-corrected chi connectivity index (χ3v) is 11.5. The van der Waals surface area contributed by atoms with Crippen molar-refractivity contribution in [3.63, 3.8) is 0 Å². The van der Waals surface area contributed by atoms with E-state index in [1.165, 1.54) is 0 Å². The molecule has 1 aromatic heterocycles. The summed E-state index contributed by atoms with van der Waals surface area (Å²) < 4.78 is 22.4. The van der Waals surface area contributed by atoms with Crippen LogP contribution in [0.4, 0.5) is 10.1 Å². The zero-order valence-electron chi connectivity index (χ0n) is 24.1. The molecule has 2 saturated heterocycles. The topological polar surface area (TPSA) is 79.7 Å². The highest BCUT2D eigenvalue weighted by Crippen LogP contribution is 2.70. The molecule has 3 heterocycles. The summed E-state index contributed by atoms with van der Waals surface area (Å²) in [5, 5.41) is 10.3. The third-order valence-electron chi connectivity index (χ3n) is 10.6. The van der Waals surface area contributed by atoms with E-state index in [2.05, 4.69) is 29.2 Å². The van der Waals surface area contributed by atoms with Crippen LogP contribution in [0.3, 0.4) is 0 Å². The minimum atomic E-state index is -1.15. The van der Waals surface area contributed by atoms with Crippen LogP contribution in [-0.4, -0.2) is 40.8 Å². The minimum Gasteiger partial charge on any atom is -0.478 e. The first kappa shape index (κ1) is 27.0. The number of anilines is 1. The maximum atomic E-state index is 14.6. The van der Waals surface area contributed by atoms with Crippen LogP contribution in [0.2, 0.25) is 0 Å². The minimum absolute atomic E-state index is 0.0405. The van der Waals surface area contributed by atoms with E-state index in [9.17, 15) is 19.1 Å². The third kappa shape index (κ3) is 4.25. The lowest BCUT2D eigenvalue weighted by molar-refractivity contribution is -0.213. The number of rotatable bonds is 7. The van der Waals surface area contributed by atoms with E-state index >= 15 is 0 Å². The Hall–Kier alpha value is -3.62. The summed E-state index contributed by atoms with van der Waals surface area (Å²) in [5.41, 5.74) is 2.89. The number of hydrogen-bond acceptors (Lipinski definition) is 5. The van der Waals surface area contributed by atoms with Crippen molar-refractivity contribution in [2.45, 2.75) is 63.1 Å². The van der Waals surface area contributed by atoms with Gasteiger partial charge in [0.15, 0.2) is 0 Å². The monoisotopic (exact) mass is 596 g/mol. The fourth-order valence-corrected chi connectivity index (χ4v) is 8.99. The van der Waals surface area contributed by atoms with E-state index < -0.39 is 22.7 Å². The average Bonchev–Trinajstić information content (AvgIpc) is 3.38.